The van der Waals surface area contributed by atoms with Crippen molar-refractivity contribution >= 4 is 5.97 Å². The van der Waals surface area contributed by atoms with Crippen molar-refractivity contribution in [3.63, 3.8) is 0 Å². The molecule has 1 atom stereocenters. The molecule has 0 aliphatic carbocycles. The molecule has 1 rings (SSSR count). The van der Waals surface area contributed by atoms with Gasteiger partial charge in [0.1, 0.15) is 17.7 Å². The van der Waals surface area contributed by atoms with Crippen LogP contribution >= 0.6 is 0 Å². The molecule has 0 aliphatic heterocycles. The van der Waals surface area contributed by atoms with Crippen LogP contribution in [0, 0.1) is 11.6 Å². The molecule has 94 valence electrons. The molecule has 0 bridgehead atoms. The number of carbonyl (C=O) groups is 1. The van der Waals surface area contributed by atoms with Gasteiger partial charge in [0, 0.05) is 12.6 Å². The van der Waals surface area contributed by atoms with Crippen molar-refractivity contribution < 1.29 is 18.7 Å². The van der Waals surface area contributed by atoms with Gasteiger partial charge in [-0.2, -0.15) is 0 Å². The molecule has 0 fully saturated rings. The number of carboxylic acids is 1. The third-order valence-electron chi connectivity index (χ3n) is 2.77. The molecule has 1 aromatic rings. The number of benzene rings is 1. The van der Waals surface area contributed by atoms with Crippen LogP contribution in [0.25, 0.3) is 0 Å². The van der Waals surface area contributed by atoms with E-state index in [1.165, 1.54) is 12.1 Å². The van der Waals surface area contributed by atoms with E-state index in [-0.39, 0.29) is 0 Å². The van der Waals surface area contributed by atoms with Crippen LogP contribution in [0.3, 0.4) is 0 Å². The van der Waals surface area contributed by atoms with Crippen molar-refractivity contribution in [3.05, 3.63) is 35.4 Å². The molecular weight excluding hydrogens is 228 g/mol. The summed E-state index contributed by atoms with van der Waals surface area (Å²) < 4.78 is 25.9. The van der Waals surface area contributed by atoms with Gasteiger partial charge < -0.3 is 5.11 Å². The minimum atomic E-state index is -0.924. The van der Waals surface area contributed by atoms with Crippen LogP contribution in [0.1, 0.15) is 12.5 Å². The lowest BCUT2D eigenvalue weighted by Crippen LogP contribution is -2.37. The Kier molecular flexibility index (Phi) is 4.57. The number of likely N-dealkylation sites (N-methyl/N-ethyl adjacent to an activating group) is 1. The second-order valence-electron chi connectivity index (χ2n) is 3.98. The maximum absolute atomic E-state index is 13.3. The van der Waals surface area contributed by atoms with E-state index >= 15 is 0 Å². The summed E-state index contributed by atoms with van der Waals surface area (Å²) in [4.78, 5) is 12.3. The average Bonchev–Trinajstić information content (AvgIpc) is 2.26. The first-order valence-corrected chi connectivity index (χ1v) is 5.28. The van der Waals surface area contributed by atoms with Crippen LogP contribution in [0.2, 0.25) is 0 Å². The fraction of sp³-hybridized carbons (Fsp3) is 0.417. The van der Waals surface area contributed by atoms with Gasteiger partial charge in [0.15, 0.2) is 0 Å². The zero-order valence-electron chi connectivity index (χ0n) is 9.78. The van der Waals surface area contributed by atoms with Gasteiger partial charge in [-0.25, -0.2) is 8.78 Å². The van der Waals surface area contributed by atoms with Gasteiger partial charge in [-0.3, -0.25) is 9.69 Å². The summed E-state index contributed by atoms with van der Waals surface area (Å²) in [6, 6.07) is 2.78. The van der Waals surface area contributed by atoms with Crippen LogP contribution in [0.5, 0.6) is 0 Å². The molecule has 1 aromatic carbocycles. The maximum atomic E-state index is 13.3. The molecule has 0 aliphatic rings. The van der Waals surface area contributed by atoms with Gasteiger partial charge in [-0.15, -0.1) is 0 Å². The number of halogens is 2. The van der Waals surface area contributed by atoms with E-state index in [0.29, 0.717) is 18.5 Å². The molecule has 1 unspecified atom stereocenters. The standard InChI is InChI=1S/C12H15F2NO2/c1-8(12(16)17)15(2)6-5-9-3-4-10(13)7-11(9)14/h3-4,7-8H,5-6H2,1-2H3,(H,16,17). The number of hydrogen-bond donors (Lipinski definition) is 1. The Balaban J connectivity index is 2.58. The Hall–Kier alpha value is -1.49. The molecule has 3 nitrogen and oxygen atoms in total. The van der Waals surface area contributed by atoms with E-state index in [0.717, 1.165) is 6.07 Å². The van der Waals surface area contributed by atoms with Gasteiger partial charge in [-0.1, -0.05) is 6.07 Å². The molecular formula is C12H15F2NO2. The van der Waals surface area contributed by atoms with Gasteiger partial charge >= 0.3 is 5.97 Å². The maximum Gasteiger partial charge on any atom is 0.320 e. The Labute approximate surface area is 98.7 Å². The lowest BCUT2D eigenvalue weighted by molar-refractivity contribution is -0.142. The highest BCUT2D eigenvalue weighted by Gasteiger charge is 2.16. The van der Waals surface area contributed by atoms with Crippen molar-refractivity contribution in [2.45, 2.75) is 19.4 Å². The van der Waals surface area contributed by atoms with Crippen LogP contribution in [0.15, 0.2) is 18.2 Å². The van der Waals surface area contributed by atoms with E-state index in [4.69, 9.17) is 5.11 Å². The van der Waals surface area contributed by atoms with Gasteiger partial charge in [0.2, 0.25) is 0 Å². The molecule has 0 heterocycles. The predicted octanol–water partition coefficient (Wildman–Crippen LogP) is 1.91. The summed E-state index contributed by atoms with van der Waals surface area (Å²) >= 11 is 0. The fourth-order valence-corrected chi connectivity index (χ4v) is 1.40. The number of rotatable bonds is 5. The lowest BCUT2D eigenvalue weighted by atomic mass is 10.1. The van der Waals surface area contributed by atoms with Crippen molar-refractivity contribution in [2.24, 2.45) is 0 Å². The molecule has 0 radical (unpaired) electrons. The minimum absolute atomic E-state index is 0.347. The van der Waals surface area contributed by atoms with Crippen LogP contribution in [-0.2, 0) is 11.2 Å². The Bertz CT molecular complexity index is 409. The van der Waals surface area contributed by atoms with Crippen molar-refractivity contribution in [1.29, 1.82) is 0 Å². The lowest BCUT2D eigenvalue weighted by Gasteiger charge is -2.20. The van der Waals surface area contributed by atoms with E-state index in [2.05, 4.69) is 0 Å². The van der Waals surface area contributed by atoms with E-state index < -0.39 is 23.6 Å². The quantitative estimate of drug-likeness (QED) is 0.858. The number of aliphatic carboxylic acids is 1. The summed E-state index contributed by atoms with van der Waals surface area (Å²) in [5, 5.41) is 8.78. The van der Waals surface area contributed by atoms with Gasteiger partial charge in [-0.05, 0) is 32.0 Å². The summed E-state index contributed by atoms with van der Waals surface area (Å²) in [5.41, 5.74) is 0.385. The second kappa shape index (κ2) is 5.72. The normalized spacial score (nSPS) is 12.8. The van der Waals surface area contributed by atoms with Crippen LogP contribution < -0.4 is 0 Å². The van der Waals surface area contributed by atoms with E-state index in [1.807, 2.05) is 0 Å². The van der Waals surface area contributed by atoms with Crippen molar-refractivity contribution in [1.82, 2.24) is 4.90 Å². The largest absolute Gasteiger partial charge is 0.480 e. The molecule has 0 amide bonds. The molecule has 17 heavy (non-hydrogen) atoms. The third kappa shape index (κ3) is 3.78. The summed E-state index contributed by atoms with van der Waals surface area (Å²) in [7, 11) is 1.65. The summed E-state index contributed by atoms with van der Waals surface area (Å²) in [6.45, 7) is 1.96. The zero-order chi connectivity index (χ0) is 13.0. The molecule has 0 saturated heterocycles. The zero-order valence-corrected chi connectivity index (χ0v) is 9.78. The minimum Gasteiger partial charge on any atom is -0.480 e. The highest BCUT2D eigenvalue weighted by Crippen LogP contribution is 2.11. The highest BCUT2D eigenvalue weighted by atomic mass is 19.1. The van der Waals surface area contributed by atoms with Crippen molar-refractivity contribution in [2.75, 3.05) is 13.6 Å². The smallest absolute Gasteiger partial charge is 0.320 e. The Morgan fingerprint density at radius 2 is 2.12 bits per heavy atom. The first-order valence-electron chi connectivity index (χ1n) is 5.28. The van der Waals surface area contributed by atoms with Gasteiger partial charge in [0.25, 0.3) is 0 Å². The monoisotopic (exact) mass is 243 g/mol. The molecule has 0 spiro atoms. The fourth-order valence-electron chi connectivity index (χ4n) is 1.40. The summed E-state index contributed by atoms with van der Waals surface area (Å²) in [6.07, 6.45) is 0.347. The average molecular weight is 243 g/mol. The molecule has 0 aromatic heterocycles. The Morgan fingerprint density at radius 3 is 2.65 bits per heavy atom. The predicted molar refractivity (Wildman–Crippen MR) is 59.8 cm³/mol. The number of hydrogen-bond acceptors (Lipinski definition) is 2. The first kappa shape index (κ1) is 13.6. The van der Waals surface area contributed by atoms with E-state index in [9.17, 15) is 13.6 Å². The van der Waals surface area contributed by atoms with E-state index in [1.54, 1.807) is 18.9 Å². The highest BCUT2D eigenvalue weighted by molar-refractivity contribution is 5.72. The molecule has 5 heteroatoms. The topological polar surface area (TPSA) is 40.5 Å². The summed E-state index contributed by atoms with van der Waals surface area (Å²) in [5.74, 6) is -2.13. The van der Waals surface area contributed by atoms with Crippen molar-refractivity contribution in [3.8, 4) is 0 Å². The Morgan fingerprint density at radius 1 is 1.47 bits per heavy atom. The molecule has 1 N–H and O–H groups in total. The SMILES string of the molecule is CC(C(=O)O)N(C)CCc1ccc(F)cc1F. The first-order chi connectivity index (χ1) is 7.91. The second-order valence-corrected chi connectivity index (χ2v) is 3.98. The molecule has 0 saturated carbocycles. The third-order valence-corrected chi connectivity index (χ3v) is 2.77. The van der Waals surface area contributed by atoms with Crippen LogP contribution in [0.4, 0.5) is 8.78 Å². The number of carboxylic acid groups (broad SMARTS) is 1. The van der Waals surface area contributed by atoms with Gasteiger partial charge in [0.05, 0.1) is 0 Å². The number of nitrogens with zero attached hydrogens (tertiary/aromatic N) is 1. The van der Waals surface area contributed by atoms with Crippen LogP contribution in [-0.4, -0.2) is 35.6 Å².